The molecule has 0 radical (unpaired) electrons. The molecule has 4 rings (SSSR count). The van der Waals surface area contributed by atoms with E-state index in [1.54, 1.807) is 11.3 Å². The molecule has 2 aromatic rings. The van der Waals surface area contributed by atoms with Crippen molar-refractivity contribution in [2.24, 2.45) is 5.16 Å². The molecule has 1 fully saturated rings. The lowest BCUT2D eigenvalue weighted by molar-refractivity contribution is -0.136. The predicted molar refractivity (Wildman–Crippen MR) is 92.8 cm³/mol. The molecule has 0 spiro atoms. The van der Waals surface area contributed by atoms with E-state index in [0.717, 1.165) is 23.5 Å². The number of hydrogen-bond donors (Lipinski definition) is 0. The van der Waals surface area contributed by atoms with Crippen molar-refractivity contribution in [2.75, 3.05) is 18.0 Å². The molecule has 1 aromatic heterocycles. The lowest BCUT2D eigenvalue weighted by atomic mass is 10.0. The Kier molecular flexibility index (Phi) is 3.71. The molecule has 4 nitrogen and oxygen atoms in total. The number of rotatable bonds is 3. The highest BCUT2D eigenvalue weighted by atomic mass is 32.1. The van der Waals surface area contributed by atoms with Crippen molar-refractivity contribution in [3.05, 3.63) is 58.5 Å². The van der Waals surface area contributed by atoms with Crippen LogP contribution in [0.15, 0.2) is 53.2 Å². The maximum Gasteiger partial charge on any atom is 0.368 e. The number of benzene rings is 1. The second kappa shape index (κ2) is 6.01. The normalized spacial score (nSPS) is 19.3. The molecule has 1 aromatic carbocycles. The van der Waals surface area contributed by atoms with E-state index in [4.69, 9.17) is 4.84 Å². The van der Waals surface area contributed by atoms with Gasteiger partial charge in [-0.3, -0.25) is 0 Å². The molecule has 0 bridgehead atoms. The number of carbonyl (C=O) groups excluding carboxylic acids is 1. The van der Waals surface area contributed by atoms with Gasteiger partial charge in [0.25, 0.3) is 0 Å². The van der Waals surface area contributed by atoms with E-state index < -0.39 is 0 Å². The third-order valence-electron chi connectivity index (χ3n) is 4.06. The second-order valence-electron chi connectivity index (χ2n) is 5.61. The van der Waals surface area contributed by atoms with Crippen LogP contribution in [0.3, 0.4) is 0 Å². The summed E-state index contributed by atoms with van der Waals surface area (Å²) < 4.78 is 0. The molecular formula is C18H16N2O2S. The minimum absolute atomic E-state index is 0.389. The number of nitrogens with zero attached hydrogens (tertiary/aromatic N) is 2. The summed E-state index contributed by atoms with van der Waals surface area (Å²) in [6, 6.07) is 13.8. The summed E-state index contributed by atoms with van der Waals surface area (Å²) in [7, 11) is 0. The molecule has 0 amide bonds. The Morgan fingerprint density at radius 3 is 2.65 bits per heavy atom. The first-order valence-corrected chi connectivity index (χ1v) is 8.54. The van der Waals surface area contributed by atoms with Gasteiger partial charge in [-0.1, -0.05) is 35.5 Å². The van der Waals surface area contributed by atoms with Gasteiger partial charge in [-0.05, 0) is 31.1 Å². The van der Waals surface area contributed by atoms with Crippen LogP contribution in [0.4, 0.5) is 5.00 Å². The molecule has 1 saturated heterocycles. The first-order chi connectivity index (χ1) is 11.3. The SMILES string of the molecule is O=C1ON=C(c2ccccc2)/C1=C/c1ccc(N2CCCC2)s1. The molecule has 0 atom stereocenters. The summed E-state index contributed by atoms with van der Waals surface area (Å²) in [4.78, 5) is 20.3. The third kappa shape index (κ3) is 2.80. The first-order valence-electron chi connectivity index (χ1n) is 7.73. The molecule has 116 valence electrons. The Balaban J connectivity index is 1.64. The van der Waals surface area contributed by atoms with Gasteiger partial charge in [-0.15, -0.1) is 11.3 Å². The van der Waals surface area contributed by atoms with Crippen LogP contribution in [0, 0.1) is 0 Å². The Labute approximate surface area is 138 Å². The maximum absolute atomic E-state index is 12.0. The minimum Gasteiger partial charge on any atom is -0.363 e. The van der Waals surface area contributed by atoms with E-state index in [2.05, 4.69) is 22.2 Å². The average Bonchev–Trinajstić information content (AvgIpc) is 3.31. The smallest absolute Gasteiger partial charge is 0.363 e. The van der Waals surface area contributed by atoms with E-state index >= 15 is 0 Å². The lowest BCUT2D eigenvalue weighted by Gasteiger charge is -2.13. The maximum atomic E-state index is 12.0. The van der Waals surface area contributed by atoms with Gasteiger partial charge < -0.3 is 9.74 Å². The van der Waals surface area contributed by atoms with Crippen molar-refractivity contribution in [3.8, 4) is 0 Å². The molecule has 0 saturated carbocycles. The van der Waals surface area contributed by atoms with Gasteiger partial charge in [0, 0.05) is 23.5 Å². The first kappa shape index (κ1) is 14.2. The van der Waals surface area contributed by atoms with Crippen molar-refractivity contribution < 1.29 is 9.63 Å². The van der Waals surface area contributed by atoms with Crippen LogP contribution in [0.2, 0.25) is 0 Å². The Hall–Kier alpha value is -2.40. The van der Waals surface area contributed by atoms with Crippen LogP contribution < -0.4 is 4.90 Å². The number of anilines is 1. The Bertz CT molecular complexity index is 786. The fourth-order valence-corrected chi connectivity index (χ4v) is 3.89. The van der Waals surface area contributed by atoms with E-state index in [-0.39, 0.29) is 5.97 Å². The predicted octanol–water partition coefficient (Wildman–Crippen LogP) is 3.69. The van der Waals surface area contributed by atoms with Crippen LogP contribution in [-0.2, 0) is 9.63 Å². The summed E-state index contributed by atoms with van der Waals surface area (Å²) in [6.45, 7) is 2.24. The minimum atomic E-state index is -0.389. The van der Waals surface area contributed by atoms with Crippen LogP contribution in [-0.4, -0.2) is 24.8 Å². The zero-order chi connectivity index (χ0) is 15.6. The molecule has 0 aliphatic carbocycles. The lowest BCUT2D eigenvalue weighted by Crippen LogP contribution is -2.15. The van der Waals surface area contributed by atoms with Gasteiger partial charge in [0.2, 0.25) is 0 Å². The monoisotopic (exact) mass is 324 g/mol. The molecule has 0 unspecified atom stereocenters. The van der Waals surface area contributed by atoms with E-state index in [1.165, 1.54) is 17.8 Å². The largest absolute Gasteiger partial charge is 0.368 e. The third-order valence-corrected chi connectivity index (χ3v) is 5.15. The summed E-state index contributed by atoms with van der Waals surface area (Å²) in [5.41, 5.74) is 2.01. The van der Waals surface area contributed by atoms with Gasteiger partial charge in [0.05, 0.1) is 10.6 Å². The molecule has 2 aliphatic rings. The number of oxime groups is 1. The molecule has 3 heterocycles. The molecule has 2 aliphatic heterocycles. The molecule has 23 heavy (non-hydrogen) atoms. The van der Waals surface area contributed by atoms with Crippen LogP contribution >= 0.6 is 11.3 Å². The Morgan fingerprint density at radius 2 is 1.87 bits per heavy atom. The van der Waals surface area contributed by atoms with E-state index in [0.29, 0.717) is 11.3 Å². The highest BCUT2D eigenvalue weighted by Crippen LogP contribution is 2.31. The summed E-state index contributed by atoms with van der Waals surface area (Å²) in [6.07, 6.45) is 4.39. The summed E-state index contributed by atoms with van der Waals surface area (Å²) in [5, 5.41) is 5.20. The van der Waals surface area contributed by atoms with Crippen molar-refractivity contribution in [1.29, 1.82) is 0 Å². The van der Waals surface area contributed by atoms with Crippen molar-refractivity contribution in [3.63, 3.8) is 0 Å². The zero-order valence-corrected chi connectivity index (χ0v) is 13.4. The highest BCUT2D eigenvalue weighted by molar-refractivity contribution is 7.17. The molecule has 5 heteroatoms. The van der Waals surface area contributed by atoms with Crippen molar-refractivity contribution in [1.82, 2.24) is 0 Å². The second-order valence-corrected chi connectivity index (χ2v) is 6.71. The average molecular weight is 324 g/mol. The highest BCUT2D eigenvalue weighted by Gasteiger charge is 2.27. The summed E-state index contributed by atoms with van der Waals surface area (Å²) >= 11 is 1.70. The van der Waals surface area contributed by atoms with Gasteiger partial charge >= 0.3 is 5.97 Å². The van der Waals surface area contributed by atoms with Crippen LogP contribution in [0.25, 0.3) is 6.08 Å². The van der Waals surface area contributed by atoms with Crippen molar-refractivity contribution >= 4 is 34.1 Å². The van der Waals surface area contributed by atoms with Crippen LogP contribution in [0.1, 0.15) is 23.3 Å². The van der Waals surface area contributed by atoms with Gasteiger partial charge in [0.15, 0.2) is 0 Å². The number of hydrogen-bond acceptors (Lipinski definition) is 5. The molecular weight excluding hydrogens is 308 g/mol. The van der Waals surface area contributed by atoms with Gasteiger partial charge in [0.1, 0.15) is 5.71 Å². The molecule has 0 N–H and O–H groups in total. The number of thiophene rings is 1. The van der Waals surface area contributed by atoms with Crippen molar-refractivity contribution in [2.45, 2.75) is 12.8 Å². The van der Waals surface area contributed by atoms with Gasteiger partial charge in [-0.25, -0.2) is 4.79 Å². The fraction of sp³-hybridized carbons (Fsp3) is 0.222. The summed E-state index contributed by atoms with van der Waals surface area (Å²) in [5.74, 6) is -0.389. The topological polar surface area (TPSA) is 41.9 Å². The Morgan fingerprint density at radius 1 is 1.09 bits per heavy atom. The zero-order valence-electron chi connectivity index (χ0n) is 12.6. The van der Waals surface area contributed by atoms with E-state index in [1.807, 2.05) is 36.4 Å². The standard InChI is InChI=1S/C18H16N2O2S/c21-18-15(17(19-22-18)13-6-2-1-3-7-13)12-14-8-9-16(23-14)20-10-4-5-11-20/h1-3,6-9,12H,4-5,10-11H2/b15-12-. The fourth-order valence-electron chi connectivity index (χ4n) is 2.88. The van der Waals surface area contributed by atoms with Gasteiger partial charge in [-0.2, -0.15) is 0 Å². The van der Waals surface area contributed by atoms with Crippen LogP contribution in [0.5, 0.6) is 0 Å². The van der Waals surface area contributed by atoms with E-state index in [9.17, 15) is 4.79 Å². The number of carbonyl (C=O) groups is 1. The quantitative estimate of drug-likeness (QED) is 0.639.